The lowest BCUT2D eigenvalue weighted by molar-refractivity contribution is 1.15. The number of fused-ring (bicyclic) bond motifs is 12. The number of nitriles is 2. The largest absolute Gasteiger partial charge is 0.309 e. The van der Waals surface area contributed by atoms with Crippen molar-refractivity contribution in [1.82, 2.24) is 28.2 Å². The second-order valence-electron chi connectivity index (χ2n) is 23.6. The van der Waals surface area contributed by atoms with Gasteiger partial charge < -0.3 is 18.3 Å². The van der Waals surface area contributed by atoms with Crippen molar-refractivity contribution in [2.75, 3.05) is 0 Å². The lowest BCUT2D eigenvalue weighted by Crippen LogP contribution is -2.00. The molecule has 0 N–H and O–H groups in total. The highest BCUT2D eigenvalue weighted by molar-refractivity contribution is 6.15. The van der Waals surface area contributed by atoms with Crippen LogP contribution in [0.3, 0.4) is 0 Å². The van der Waals surface area contributed by atoms with Crippen LogP contribution in [0.15, 0.2) is 303 Å². The van der Waals surface area contributed by atoms with Gasteiger partial charge in [-0.05, 0) is 162 Å². The molecule has 0 aliphatic heterocycles. The van der Waals surface area contributed by atoms with Crippen LogP contribution in [0.2, 0.25) is 0 Å². The molecule has 5 aromatic heterocycles. The Balaban J connectivity index is 0.754. The van der Waals surface area contributed by atoms with Crippen molar-refractivity contribution < 1.29 is 0 Å². The summed E-state index contributed by atoms with van der Waals surface area (Å²) in [6.45, 7) is 0. The quantitative estimate of drug-likeness (QED) is 0.144. The summed E-state index contributed by atoms with van der Waals surface area (Å²) in [5, 5.41) is 30.9. The van der Waals surface area contributed by atoms with Gasteiger partial charge in [0, 0.05) is 82.5 Å². The predicted molar refractivity (Wildman–Crippen MR) is 376 cm³/mol. The van der Waals surface area contributed by atoms with Crippen LogP contribution in [0.1, 0.15) is 11.1 Å². The van der Waals surface area contributed by atoms with Gasteiger partial charge in [0.05, 0.1) is 78.8 Å². The fourth-order valence-corrected chi connectivity index (χ4v) is 14.2. The molecule has 18 aromatic rings. The monoisotopic (exact) mass is 1170 g/mol. The number of hydrogen-bond acceptors (Lipinski definition) is 4. The third kappa shape index (κ3) is 8.37. The lowest BCUT2D eigenvalue weighted by atomic mass is 10.0. The number of hydrogen-bond donors (Lipinski definition) is 0. The van der Waals surface area contributed by atoms with Crippen LogP contribution >= 0.6 is 0 Å². The highest BCUT2D eigenvalue weighted by Crippen LogP contribution is 2.43. The number of para-hydroxylation sites is 6. The summed E-state index contributed by atoms with van der Waals surface area (Å²) in [6.07, 6.45) is 0. The van der Waals surface area contributed by atoms with Crippen LogP contribution in [0.5, 0.6) is 0 Å². The molecule has 0 radical (unpaired) electrons. The van der Waals surface area contributed by atoms with Crippen molar-refractivity contribution in [3.05, 3.63) is 314 Å². The highest BCUT2D eigenvalue weighted by Gasteiger charge is 2.22. The Morgan fingerprint density at radius 1 is 0.217 bits per heavy atom. The van der Waals surface area contributed by atoms with Gasteiger partial charge in [-0.15, -0.1) is 0 Å². The van der Waals surface area contributed by atoms with E-state index in [0.717, 1.165) is 111 Å². The Bertz CT molecular complexity index is 5800. The molecule has 0 unspecified atom stereocenters. The summed E-state index contributed by atoms with van der Waals surface area (Å²) < 4.78 is 9.20. The van der Waals surface area contributed by atoms with Gasteiger partial charge in [-0.25, -0.2) is 9.97 Å². The van der Waals surface area contributed by atoms with Crippen molar-refractivity contribution in [3.8, 4) is 91.0 Å². The summed E-state index contributed by atoms with van der Waals surface area (Å²) >= 11 is 0. The molecule has 13 aromatic carbocycles. The van der Waals surface area contributed by atoms with Gasteiger partial charge in [0.15, 0.2) is 5.82 Å². The minimum Gasteiger partial charge on any atom is -0.309 e. The number of benzene rings is 13. The van der Waals surface area contributed by atoms with E-state index < -0.39 is 0 Å². The van der Waals surface area contributed by atoms with Crippen molar-refractivity contribution in [2.45, 2.75) is 0 Å². The molecule has 0 amide bonds. The van der Waals surface area contributed by atoms with E-state index in [-0.39, 0.29) is 0 Å². The molecule has 0 aliphatic rings. The first kappa shape index (κ1) is 52.3. The normalized spacial score (nSPS) is 11.7. The number of nitrogens with zero attached hydrogens (tertiary/aromatic N) is 8. The average Bonchev–Trinajstić information content (AvgIpc) is 1.62. The molecule has 0 saturated heterocycles. The summed E-state index contributed by atoms with van der Waals surface area (Å²) in [5.74, 6) is 0.447. The Morgan fingerprint density at radius 3 is 0.902 bits per heavy atom. The minimum absolute atomic E-state index is 0.447. The van der Waals surface area contributed by atoms with Crippen LogP contribution < -0.4 is 0 Å². The maximum atomic E-state index is 10.9. The lowest BCUT2D eigenvalue weighted by Gasteiger charge is -2.14. The van der Waals surface area contributed by atoms with Gasteiger partial charge in [0.1, 0.15) is 0 Å². The number of rotatable bonds is 9. The van der Waals surface area contributed by atoms with E-state index in [9.17, 15) is 10.5 Å². The average molecular weight is 1170 g/mol. The Labute approximate surface area is 528 Å². The van der Waals surface area contributed by atoms with Gasteiger partial charge in [-0.3, -0.25) is 0 Å². The fourth-order valence-electron chi connectivity index (χ4n) is 14.2. The van der Waals surface area contributed by atoms with Gasteiger partial charge in [0.25, 0.3) is 0 Å². The zero-order valence-electron chi connectivity index (χ0n) is 49.4. The third-order valence-electron chi connectivity index (χ3n) is 18.3. The van der Waals surface area contributed by atoms with Crippen molar-refractivity contribution in [3.63, 3.8) is 0 Å². The molecule has 18 rings (SSSR count). The first-order valence-corrected chi connectivity index (χ1v) is 30.8. The standard InChI is InChI=1S/C84H50N8/c85-51-53-40-60(44-64(42-53)91-78-30-16-12-26-68(78)72-48-58(34-38-82(72)91)56-32-36-80-70(46-56)66-24-10-14-28-76(66)89(80)62-20-6-2-7-21-62)75-50-74(55-18-4-1-5-19-55)87-84(88-75)61-41-54(52-86)43-65(45-61)92-79-31-17-13-27-69(79)73-49-59(35-39-83(73)92)57-33-37-81-71(47-57)67-25-11-15-29-77(67)90(81)63-22-8-3-9-23-63/h1-50H. The van der Waals surface area contributed by atoms with Crippen molar-refractivity contribution in [2.24, 2.45) is 0 Å². The van der Waals surface area contributed by atoms with E-state index >= 15 is 0 Å². The molecule has 92 heavy (non-hydrogen) atoms. The molecule has 426 valence electrons. The predicted octanol–water partition coefficient (Wildman–Crippen LogP) is 20.9. The van der Waals surface area contributed by atoms with E-state index in [1.807, 2.05) is 60.7 Å². The smallest absolute Gasteiger partial charge is 0.160 e. The van der Waals surface area contributed by atoms with E-state index in [2.05, 4.69) is 273 Å². The van der Waals surface area contributed by atoms with Gasteiger partial charge in [0.2, 0.25) is 0 Å². The molecule has 5 heterocycles. The molecule has 8 heteroatoms. The third-order valence-corrected chi connectivity index (χ3v) is 18.3. The molecule has 0 fully saturated rings. The second-order valence-corrected chi connectivity index (χ2v) is 23.6. The Hall–Kier alpha value is -12.9. The summed E-state index contributed by atoms with van der Waals surface area (Å²) in [4.78, 5) is 10.7. The number of aromatic nitrogens is 6. The molecule has 0 spiro atoms. The van der Waals surface area contributed by atoms with Crippen molar-refractivity contribution >= 4 is 87.2 Å². The maximum absolute atomic E-state index is 10.9. The molecule has 8 nitrogen and oxygen atoms in total. The maximum Gasteiger partial charge on any atom is 0.160 e. The Morgan fingerprint density at radius 2 is 0.522 bits per heavy atom. The first-order valence-electron chi connectivity index (χ1n) is 30.8. The van der Waals surface area contributed by atoms with Crippen LogP contribution in [-0.2, 0) is 0 Å². The molecular weight excluding hydrogens is 1120 g/mol. The van der Waals surface area contributed by atoms with Crippen LogP contribution in [0.25, 0.3) is 166 Å². The zero-order valence-corrected chi connectivity index (χ0v) is 49.4. The van der Waals surface area contributed by atoms with Crippen LogP contribution in [0, 0.1) is 22.7 Å². The van der Waals surface area contributed by atoms with Gasteiger partial charge in [-0.2, -0.15) is 10.5 Å². The first-order chi connectivity index (χ1) is 45.5. The van der Waals surface area contributed by atoms with Gasteiger partial charge in [-0.1, -0.05) is 164 Å². The van der Waals surface area contributed by atoms with Crippen LogP contribution in [0.4, 0.5) is 0 Å². The van der Waals surface area contributed by atoms with E-state index in [1.165, 1.54) is 32.6 Å². The van der Waals surface area contributed by atoms with E-state index in [1.54, 1.807) is 0 Å². The highest BCUT2D eigenvalue weighted by atomic mass is 15.0. The summed E-state index contributed by atoms with van der Waals surface area (Å²) in [5.41, 5.74) is 21.7. The van der Waals surface area contributed by atoms with Crippen molar-refractivity contribution in [1.29, 1.82) is 10.5 Å². The molecule has 0 aliphatic carbocycles. The topological polar surface area (TPSA) is 93.1 Å². The fraction of sp³-hybridized carbons (Fsp3) is 0. The summed E-state index contributed by atoms with van der Waals surface area (Å²) in [6, 6.07) is 111. The van der Waals surface area contributed by atoms with E-state index in [0.29, 0.717) is 33.9 Å². The van der Waals surface area contributed by atoms with Gasteiger partial charge >= 0.3 is 0 Å². The molecular formula is C84H50N8. The molecule has 0 atom stereocenters. The molecule has 0 saturated carbocycles. The molecule has 0 bridgehead atoms. The zero-order chi connectivity index (χ0) is 61.0. The summed E-state index contributed by atoms with van der Waals surface area (Å²) in [7, 11) is 0. The SMILES string of the molecule is N#Cc1cc(-c2cc(-c3ccccc3)nc(-c3cc(C#N)cc(-n4c5ccccc5c5cc(-c6ccc7c(c6)c6ccccc6n7-c6ccccc6)ccc54)c3)n2)cc(-n2c3ccccc3c3cc(-c4ccc5c(c4)c4ccccc4n5-c4ccccc4)ccc32)c1. The Kier molecular flexibility index (Phi) is 11.9. The van der Waals surface area contributed by atoms with Crippen LogP contribution in [-0.4, -0.2) is 28.2 Å². The second kappa shape index (κ2) is 20.9. The van der Waals surface area contributed by atoms with E-state index in [4.69, 9.17) is 9.97 Å². The minimum atomic E-state index is 0.447.